The molecule has 1 aliphatic carbocycles. The van der Waals surface area contributed by atoms with E-state index < -0.39 is 5.97 Å². The fraction of sp³-hybridized carbons (Fsp3) is 0.556. The van der Waals surface area contributed by atoms with Gasteiger partial charge >= 0.3 is 5.97 Å². The van der Waals surface area contributed by atoms with Crippen molar-refractivity contribution < 1.29 is 9.90 Å². The number of aryl methyl sites for hydroxylation is 1. The molecule has 1 fully saturated rings. The van der Waals surface area contributed by atoms with Gasteiger partial charge in [-0.2, -0.15) is 5.10 Å². The molecule has 0 bridgehead atoms. The summed E-state index contributed by atoms with van der Waals surface area (Å²) in [4.78, 5) is 10.6. The van der Waals surface area contributed by atoms with Crippen molar-refractivity contribution >= 4 is 5.97 Å². The molecule has 1 saturated carbocycles. The van der Waals surface area contributed by atoms with Crippen LogP contribution in [-0.4, -0.2) is 20.9 Å². The molecule has 13 heavy (non-hydrogen) atoms. The zero-order valence-corrected chi connectivity index (χ0v) is 7.47. The highest BCUT2D eigenvalue weighted by Crippen LogP contribution is 2.46. The van der Waals surface area contributed by atoms with Crippen molar-refractivity contribution in [3.63, 3.8) is 0 Å². The second kappa shape index (κ2) is 2.87. The minimum Gasteiger partial charge on any atom is -0.481 e. The van der Waals surface area contributed by atoms with Crippen LogP contribution >= 0.6 is 0 Å². The van der Waals surface area contributed by atoms with Crippen LogP contribution in [0.1, 0.15) is 25.0 Å². The molecule has 0 spiro atoms. The molecule has 0 aliphatic heterocycles. The molecule has 2 atom stereocenters. The molecule has 1 aliphatic rings. The number of carbonyl (C=O) groups is 1. The van der Waals surface area contributed by atoms with Gasteiger partial charge in [-0.25, -0.2) is 0 Å². The van der Waals surface area contributed by atoms with Gasteiger partial charge in [-0.3, -0.25) is 9.48 Å². The van der Waals surface area contributed by atoms with Crippen LogP contribution in [0.2, 0.25) is 0 Å². The molecule has 0 unspecified atom stereocenters. The summed E-state index contributed by atoms with van der Waals surface area (Å²) in [6, 6.07) is 1.91. The molecule has 4 nitrogen and oxygen atoms in total. The molecule has 0 amide bonds. The van der Waals surface area contributed by atoms with Crippen LogP contribution in [0.5, 0.6) is 0 Å². The smallest absolute Gasteiger partial charge is 0.307 e. The number of carboxylic acids is 1. The first-order valence-electron chi connectivity index (χ1n) is 4.48. The number of hydrogen-bond acceptors (Lipinski definition) is 2. The van der Waals surface area contributed by atoms with E-state index in [0.29, 0.717) is 0 Å². The third kappa shape index (κ3) is 1.43. The summed E-state index contributed by atoms with van der Waals surface area (Å²) in [7, 11) is 0. The van der Waals surface area contributed by atoms with E-state index in [2.05, 4.69) is 5.10 Å². The zero-order valence-electron chi connectivity index (χ0n) is 7.47. The van der Waals surface area contributed by atoms with Gasteiger partial charge < -0.3 is 5.11 Å². The van der Waals surface area contributed by atoms with Gasteiger partial charge in [-0.1, -0.05) is 0 Å². The molecule has 1 aromatic heterocycles. The highest BCUT2D eigenvalue weighted by molar-refractivity contribution is 5.74. The number of aliphatic carboxylic acids is 1. The Morgan fingerprint density at radius 1 is 1.85 bits per heavy atom. The van der Waals surface area contributed by atoms with Gasteiger partial charge in [0.2, 0.25) is 0 Å². The van der Waals surface area contributed by atoms with Gasteiger partial charge in [-0.15, -0.1) is 0 Å². The number of nitrogens with zero attached hydrogens (tertiary/aromatic N) is 2. The summed E-state index contributed by atoms with van der Waals surface area (Å²) < 4.78 is 1.83. The predicted octanol–water partition coefficient (Wildman–Crippen LogP) is 1.09. The minimum atomic E-state index is -0.698. The molecule has 70 valence electrons. The number of carboxylic acid groups (broad SMARTS) is 1. The number of aromatic nitrogens is 2. The van der Waals surface area contributed by atoms with Gasteiger partial charge in [0, 0.05) is 18.7 Å². The summed E-state index contributed by atoms with van der Waals surface area (Å²) in [5.41, 5.74) is 0.925. The fourth-order valence-corrected chi connectivity index (χ4v) is 1.55. The van der Waals surface area contributed by atoms with E-state index in [4.69, 9.17) is 5.11 Å². The maximum Gasteiger partial charge on any atom is 0.307 e. The molecule has 2 rings (SSSR count). The van der Waals surface area contributed by atoms with E-state index in [1.165, 1.54) is 0 Å². The van der Waals surface area contributed by atoms with Crippen LogP contribution < -0.4 is 0 Å². The second-order valence-corrected chi connectivity index (χ2v) is 3.38. The first-order chi connectivity index (χ1) is 6.22. The highest BCUT2D eigenvalue weighted by Gasteiger charge is 2.45. The van der Waals surface area contributed by atoms with Gasteiger partial charge in [-0.05, 0) is 19.4 Å². The molecule has 0 aromatic carbocycles. The standard InChI is InChI=1S/C9H12N2O2/c1-2-11-4-3-8(10-11)6-5-7(6)9(12)13/h3-4,6-7H,2,5H2,1H3,(H,12,13)/t6-,7-/m1/s1. The van der Waals surface area contributed by atoms with Crippen molar-refractivity contribution in [3.8, 4) is 0 Å². The zero-order chi connectivity index (χ0) is 9.42. The summed E-state index contributed by atoms with van der Waals surface area (Å²) in [5.74, 6) is -0.735. The van der Waals surface area contributed by atoms with E-state index in [1.807, 2.05) is 23.9 Å². The summed E-state index contributed by atoms with van der Waals surface area (Å²) in [6.07, 6.45) is 2.64. The van der Waals surface area contributed by atoms with E-state index in [-0.39, 0.29) is 11.8 Å². The minimum absolute atomic E-state index is 0.158. The van der Waals surface area contributed by atoms with Gasteiger partial charge in [0.05, 0.1) is 11.6 Å². The lowest BCUT2D eigenvalue weighted by Crippen LogP contribution is -2.00. The Kier molecular flexibility index (Phi) is 1.83. The molecule has 1 N–H and O–H groups in total. The lowest BCUT2D eigenvalue weighted by atomic mass is 10.2. The van der Waals surface area contributed by atoms with Crippen molar-refractivity contribution in [1.29, 1.82) is 0 Å². The van der Waals surface area contributed by atoms with Crippen molar-refractivity contribution in [2.75, 3.05) is 0 Å². The number of rotatable bonds is 3. The monoisotopic (exact) mass is 180 g/mol. The molecule has 1 heterocycles. The Labute approximate surface area is 76.2 Å². The maximum atomic E-state index is 10.6. The number of hydrogen-bond donors (Lipinski definition) is 1. The van der Waals surface area contributed by atoms with Gasteiger partial charge in [0.1, 0.15) is 0 Å². The van der Waals surface area contributed by atoms with Crippen LogP contribution in [0, 0.1) is 5.92 Å². The van der Waals surface area contributed by atoms with E-state index in [0.717, 1.165) is 18.7 Å². The molecule has 0 saturated heterocycles. The molecule has 1 aromatic rings. The van der Waals surface area contributed by atoms with Crippen LogP contribution in [0.25, 0.3) is 0 Å². The summed E-state index contributed by atoms with van der Waals surface area (Å²) >= 11 is 0. The van der Waals surface area contributed by atoms with E-state index in [1.54, 1.807) is 0 Å². The quantitative estimate of drug-likeness (QED) is 0.757. The molecule has 0 radical (unpaired) electrons. The van der Waals surface area contributed by atoms with Crippen LogP contribution in [-0.2, 0) is 11.3 Å². The Morgan fingerprint density at radius 3 is 3.08 bits per heavy atom. The second-order valence-electron chi connectivity index (χ2n) is 3.38. The largest absolute Gasteiger partial charge is 0.481 e. The van der Waals surface area contributed by atoms with Crippen molar-refractivity contribution in [2.24, 2.45) is 5.92 Å². The SMILES string of the molecule is CCn1ccc([C@@H]2C[C@H]2C(=O)O)n1. The van der Waals surface area contributed by atoms with Crippen LogP contribution in [0.15, 0.2) is 12.3 Å². The van der Waals surface area contributed by atoms with Crippen LogP contribution in [0.4, 0.5) is 0 Å². The Bertz CT molecular complexity index is 332. The third-order valence-electron chi connectivity index (χ3n) is 2.47. The van der Waals surface area contributed by atoms with Crippen molar-refractivity contribution in [3.05, 3.63) is 18.0 Å². The Morgan fingerprint density at radius 2 is 2.62 bits per heavy atom. The average molecular weight is 180 g/mol. The Hall–Kier alpha value is -1.32. The Balaban J connectivity index is 2.07. The molecular formula is C9H12N2O2. The van der Waals surface area contributed by atoms with Crippen molar-refractivity contribution in [2.45, 2.75) is 25.8 Å². The average Bonchev–Trinajstić information content (AvgIpc) is 2.78. The fourth-order valence-electron chi connectivity index (χ4n) is 1.55. The molecular weight excluding hydrogens is 168 g/mol. The van der Waals surface area contributed by atoms with Gasteiger partial charge in [0.25, 0.3) is 0 Å². The first kappa shape index (κ1) is 8.29. The molecule has 4 heteroatoms. The van der Waals surface area contributed by atoms with Gasteiger partial charge in [0.15, 0.2) is 0 Å². The third-order valence-corrected chi connectivity index (χ3v) is 2.47. The lowest BCUT2D eigenvalue weighted by Gasteiger charge is -1.93. The topological polar surface area (TPSA) is 55.1 Å². The lowest BCUT2D eigenvalue weighted by molar-refractivity contribution is -0.138. The van der Waals surface area contributed by atoms with E-state index >= 15 is 0 Å². The van der Waals surface area contributed by atoms with Crippen LogP contribution in [0.3, 0.4) is 0 Å². The normalized spacial score (nSPS) is 25.9. The predicted molar refractivity (Wildman–Crippen MR) is 46.4 cm³/mol. The van der Waals surface area contributed by atoms with Crippen molar-refractivity contribution in [1.82, 2.24) is 9.78 Å². The summed E-state index contributed by atoms with van der Waals surface area (Å²) in [5, 5.41) is 13.0. The summed E-state index contributed by atoms with van der Waals surface area (Å²) in [6.45, 7) is 2.85. The highest BCUT2D eigenvalue weighted by atomic mass is 16.4. The first-order valence-corrected chi connectivity index (χ1v) is 4.48. The maximum absolute atomic E-state index is 10.6. The van der Waals surface area contributed by atoms with E-state index in [9.17, 15) is 4.79 Å².